The largest absolute Gasteiger partial charge is 0.443 e. The van der Waals surface area contributed by atoms with E-state index in [4.69, 9.17) is 4.74 Å². The van der Waals surface area contributed by atoms with Crippen LogP contribution in [0.15, 0.2) is 41.4 Å². The number of hydrogen-bond donors (Lipinski definition) is 0. The van der Waals surface area contributed by atoms with Gasteiger partial charge in [-0.1, -0.05) is 43.5 Å². The summed E-state index contributed by atoms with van der Waals surface area (Å²) in [6.07, 6.45) is 0.469. The number of aliphatic imine (C=N–C) groups is 1. The molecule has 4 nitrogen and oxygen atoms in total. The predicted molar refractivity (Wildman–Crippen MR) is 148 cm³/mol. The zero-order valence-corrected chi connectivity index (χ0v) is 23.3. The highest BCUT2D eigenvalue weighted by Gasteiger charge is 2.28. The summed E-state index contributed by atoms with van der Waals surface area (Å²) in [6, 6.07) is 12.3. The lowest BCUT2D eigenvalue weighted by atomic mass is 10.0. The number of nitrogens with zero attached hydrogens (tertiary/aromatic N) is 2. The van der Waals surface area contributed by atoms with Crippen molar-refractivity contribution >= 4 is 20.0 Å². The van der Waals surface area contributed by atoms with E-state index in [0.717, 1.165) is 39.8 Å². The fourth-order valence-corrected chi connectivity index (χ4v) is 4.14. The third-order valence-corrected chi connectivity index (χ3v) is 6.03. The van der Waals surface area contributed by atoms with Gasteiger partial charge in [-0.15, -0.1) is 5.54 Å². The summed E-state index contributed by atoms with van der Waals surface area (Å²) in [5.41, 5.74) is 8.90. The predicted octanol–water partition coefficient (Wildman–Crippen LogP) is 6.32. The normalized spacial score (nSPS) is 13.7. The Morgan fingerprint density at radius 3 is 2.31 bits per heavy atom. The molecule has 1 heterocycles. The van der Waals surface area contributed by atoms with Gasteiger partial charge in [-0.05, 0) is 82.5 Å². The van der Waals surface area contributed by atoms with E-state index in [0.29, 0.717) is 18.9 Å². The number of ether oxygens (including phenoxy) is 1. The van der Waals surface area contributed by atoms with Crippen LogP contribution in [0.5, 0.6) is 0 Å². The Hall–Kier alpha value is -3.28. The Morgan fingerprint density at radius 1 is 1.00 bits per heavy atom. The summed E-state index contributed by atoms with van der Waals surface area (Å²) < 4.78 is 5.60. The maximum absolute atomic E-state index is 12.8. The Morgan fingerprint density at radius 2 is 1.69 bits per heavy atom. The average Bonchev–Trinajstić information content (AvgIpc) is 2.75. The lowest BCUT2D eigenvalue weighted by Gasteiger charge is -2.30. The van der Waals surface area contributed by atoms with Gasteiger partial charge in [-0.2, -0.15) is 0 Å². The van der Waals surface area contributed by atoms with Gasteiger partial charge in [-0.25, -0.2) is 4.79 Å². The highest BCUT2D eigenvalue weighted by molar-refractivity contribution is 6.83. The molecule has 0 fully saturated rings. The number of benzene rings is 2. The molecule has 182 valence electrons. The van der Waals surface area contributed by atoms with Crippen LogP contribution in [0.2, 0.25) is 19.6 Å². The van der Waals surface area contributed by atoms with Crippen molar-refractivity contribution in [3.05, 3.63) is 69.8 Å². The van der Waals surface area contributed by atoms with Crippen LogP contribution in [-0.4, -0.2) is 43.6 Å². The van der Waals surface area contributed by atoms with E-state index in [1.54, 1.807) is 4.90 Å². The van der Waals surface area contributed by atoms with Crippen molar-refractivity contribution in [2.24, 2.45) is 4.99 Å². The summed E-state index contributed by atoms with van der Waals surface area (Å²) in [6.45, 7) is 17.8. The van der Waals surface area contributed by atoms with E-state index in [-0.39, 0.29) is 6.09 Å². The second kappa shape index (κ2) is 10.5. The van der Waals surface area contributed by atoms with Crippen molar-refractivity contribution < 1.29 is 9.53 Å². The van der Waals surface area contributed by atoms with Crippen LogP contribution in [0.1, 0.15) is 60.6 Å². The molecule has 0 atom stereocenters. The molecule has 0 N–H and O–H groups in total. The molecule has 1 amide bonds. The summed E-state index contributed by atoms with van der Waals surface area (Å²) in [5, 5.41) is 0. The van der Waals surface area contributed by atoms with Gasteiger partial charge in [-0.3, -0.25) is 9.89 Å². The van der Waals surface area contributed by atoms with Gasteiger partial charge >= 0.3 is 6.09 Å². The maximum atomic E-state index is 12.8. The number of amidine groups is 1. The zero-order valence-electron chi connectivity index (χ0n) is 22.3. The van der Waals surface area contributed by atoms with Gasteiger partial charge in [0, 0.05) is 35.3 Å². The molecule has 2 aromatic rings. The SMILES string of the molecule is Cc1cc(C#Cc2ccc(C3=NCCCN3C(=O)OC(C)(C)C)cc2C)cc(C#C[Si](C)(C)C)c1. The molecule has 1 aliphatic heterocycles. The molecule has 0 saturated heterocycles. The molecule has 1 aliphatic rings. The van der Waals surface area contributed by atoms with E-state index < -0.39 is 13.7 Å². The molecule has 0 saturated carbocycles. The van der Waals surface area contributed by atoms with Crippen molar-refractivity contribution in [3.8, 4) is 23.3 Å². The second-order valence-electron chi connectivity index (χ2n) is 11.1. The van der Waals surface area contributed by atoms with E-state index in [1.165, 1.54) is 0 Å². The number of aryl methyl sites for hydroxylation is 2. The van der Waals surface area contributed by atoms with Gasteiger partial charge in [0.15, 0.2) is 0 Å². The molecule has 0 aliphatic carbocycles. The van der Waals surface area contributed by atoms with Crippen molar-refractivity contribution in [1.82, 2.24) is 4.90 Å². The number of hydrogen-bond acceptors (Lipinski definition) is 3. The first-order chi connectivity index (χ1) is 16.3. The zero-order chi connectivity index (χ0) is 25.8. The summed E-state index contributed by atoms with van der Waals surface area (Å²) in [5.74, 6) is 10.6. The van der Waals surface area contributed by atoms with Gasteiger partial charge in [0.25, 0.3) is 0 Å². The van der Waals surface area contributed by atoms with Crippen LogP contribution in [0.25, 0.3) is 0 Å². The molecule has 35 heavy (non-hydrogen) atoms. The van der Waals surface area contributed by atoms with Crippen LogP contribution in [0, 0.1) is 37.2 Å². The van der Waals surface area contributed by atoms with Gasteiger partial charge < -0.3 is 4.74 Å². The van der Waals surface area contributed by atoms with Crippen LogP contribution < -0.4 is 0 Å². The maximum Gasteiger partial charge on any atom is 0.416 e. The fraction of sp³-hybridized carbons (Fsp3) is 0.400. The fourth-order valence-electron chi connectivity index (χ4n) is 3.62. The summed E-state index contributed by atoms with van der Waals surface area (Å²) >= 11 is 0. The molecule has 2 aromatic carbocycles. The minimum absolute atomic E-state index is 0.357. The molecular weight excluding hydrogens is 448 g/mol. The first-order valence-corrected chi connectivity index (χ1v) is 15.6. The molecule has 5 heteroatoms. The minimum atomic E-state index is -1.44. The van der Waals surface area contributed by atoms with E-state index >= 15 is 0 Å². The minimum Gasteiger partial charge on any atom is -0.443 e. The lowest BCUT2D eigenvalue weighted by molar-refractivity contribution is 0.0364. The summed E-state index contributed by atoms with van der Waals surface area (Å²) in [4.78, 5) is 19.0. The first-order valence-electron chi connectivity index (χ1n) is 12.1. The van der Waals surface area contributed by atoms with E-state index in [1.807, 2.05) is 45.9 Å². The molecule has 0 unspecified atom stereocenters. The van der Waals surface area contributed by atoms with Crippen molar-refractivity contribution in [3.63, 3.8) is 0 Å². The topological polar surface area (TPSA) is 41.9 Å². The van der Waals surface area contributed by atoms with Crippen LogP contribution in [0.3, 0.4) is 0 Å². The molecule has 3 rings (SSSR count). The molecule has 0 bridgehead atoms. The molecule has 0 aromatic heterocycles. The third kappa shape index (κ3) is 7.87. The van der Waals surface area contributed by atoms with Crippen molar-refractivity contribution in [2.75, 3.05) is 13.1 Å². The molecule has 0 spiro atoms. The van der Waals surface area contributed by atoms with Gasteiger partial charge in [0.05, 0.1) is 0 Å². The monoisotopic (exact) mass is 484 g/mol. The number of rotatable bonds is 1. The Labute approximate surface area is 211 Å². The van der Waals surface area contributed by atoms with Crippen LogP contribution in [-0.2, 0) is 4.74 Å². The Bertz CT molecular complexity index is 1270. The average molecular weight is 485 g/mol. The number of amides is 1. The lowest BCUT2D eigenvalue weighted by Crippen LogP contribution is -2.44. The Balaban J connectivity index is 1.86. The molecule has 0 radical (unpaired) electrons. The van der Waals surface area contributed by atoms with E-state index in [2.05, 4.69) is 73.1 Å². The first kappa shape index (κ1) is 26.3. The summed E-state index contributed by atoms with van der Waals surface area (Å²) in [7, 11) is -1.44. The number of carbonyl (C=O) groups excluding carboxylic acids is 1. The standard InChI is InChI=1S/C30H36N2O2Si/c1-22-18-24(21-25(19-22)14-17-35(6,7)8)10-11-26-12-13-27(20-23(26)2)28-31-15-9-16-32(28)29(33)34-30(3,4)5/h12-13,18-21H,9,15-16H2,1-8H3. The van der Waals surface area contributed by atoms with E-state index in [9.17, 15) is 4.79 Å². The highest BCUT2D eigenvalue weighted by Crippen LogP contribution is 2.19. The second-order valence-corrected chi connectivity index (χ2v) is 15.8. The smallest absolute Gasteiger partial charge is 0.416 e. The van der Waals surface area contributed by atoms with Gasteiger partial charge in [0.2, 0.25) is 0 Å². The Kier molecular flexibility index (Phi) is 7.93. The highest BCUT2D eigenvalue weighted by atomic mass is 28.3. The quantitative estimate of drug-likeness (QED) is 0.351. The van der Waals surface area contributed by atoms with Crippen molar-refractivity contribution in [1.29, 1.82) is 0 Å². The van der Waals surface area contributed by atoms with Crippen LogP contribution >= 0.6 is 0 Å². The van der Waals surface area contributed by atoms with Gasteiger partial charge in [0.1, 0.15) is 19.5 Å². The number of carbonyl (C=O) groups is 1. The van der Waals surface area contributed by atoms with Crippen molar-refractivity contribution in [2.45, 2.75) is 66.3 Å². The third-order valence-electron chi connectivity index (χ3n) is 5.16. The van der Waals surface area contributed by atoms with Crippen LogP contribution in [0.4, 0.5) is 4.79 Å². The molecular formula is C30H36N2O2Si.